The van der Waals surface area contributed by atoms with E-state index in [9.17, 15) is 15.3 Å². The Hall–Kier alpha value is -2.81. The van der Waals surface area contributed by atoms with Crippen molar-refractivity contribution >= 4 is 17.3 Å². The molecule has 5 N–H and O–H groups in total. The molecule has 0 aromatic heterocycles. The molecule has 0 bridgehead atoms. The van der Waals surface area contributed by atoms with Gasteiger partial charge in [-0.2, -0.15) is 0 Å². The number of aliphatic hydroxyl groups is 3. The topological polar surface area (TPSA) is 114 Å². The van der Waals surface area contributed by atoms with Crippen LogP contribution < -0.4 is 15.2 Å². The highest BCUT2D eigenvalue weighted by atomic mass is 35.5. The van der Waals surface area contributed by atoms with Crippen LogP contribution in [0.1, 0.15) is 29.7 Å². The number of ether oxygens (including phenoxy) is 3. The van der Waals surface area contributed by atoms with Crippen molar-refractivity contribution in [1.82, 2.24) is 0 Å². The lowest BCUT2D eigenvalue weighted by atomic mass is 9.90. The molecule has 3 aromatic carbocycles. The van der Waals surface area contributed by atoms with Crippen molar-refractivity contribution in [2.45, 2.75) is 43.9 Å². The van der Waals surface area contributed by atoms with Gasteiger partial charge in [-0.15, -0.1) is 0 Å². The van der Waals surface area contributed by atoms with Crippen molar-refractivity contribution in [1.29, 1.82) is 0 Å². The van der Waals surface area contributed by atoms with Gasteiger partial charge in [0.25, 0.3) is 0 Å². The summed E-state index contributed by atoms with van der Waals surface area (Å²) in [6.45, 7) is 2.51. The van der Waals surface area contributed by atoms with Crippen LogP contribution in [0.25, 0.3) is 0 Å². The molecule has 35 heavy (non-hydrogen) atoms. The summed E-state index contributed by atoms with van der Waals surface area (Å²) in [7, 11) is 0. The van der Waals surface area contributed by atoms with Crippen LogP contribution in [0.3, 0.4) is 0 Å². The molecule has 1 fully saturated rings. The van der Waals surface area contributed by atoms with Gasteiger partial charge in [0.15, 0.2) is 0 Å². The zero-order chi connectivity index (χ0) is 24.9. The monoisotopic (exact) mass is 499 g/mol. The molecule has 0 saturated carbocycles. The van der Waals surface area contributed by atoms with Gasteiger partial charge in [-0.25, -0.2) is 0 Å². The fraction of sp³-hybridized carbons (Fsp3) is 0.333. The number of benzene rings is 3. The van der Waals surface area contributed by atoms with Crippen LogP contribution in [-0.4, -0.2) is 52.9 Å². The van der Waals surface area contributed by atoms with Crippen LogP contribution in [0.4, 0.5) is 5.69 Å². The highest BCUT2D eigenvalue weighted by Crippen LogP contribution is 2.35. The van der Waals surface area contributed by atoms with E-state index in [0.717, 1.165) is 16.9 Å². The quantitative estimate of drug-likeness (QED) is 0.351. The van der Waals surface area contributed by atoms with E-state index in [-0.39, 0.29) is 6.61 Å². The van der Waals surface area contributed by atoms with E-state index >= 15 is 0 Å². The van der Waals surface area contributed by atoms with Crippen molar-refractivity contribution in [2.75, 3.05) is 18.9 Å². The first kappa shape index (κ1) is 25.3. The summed E-state index contributed by atoms with van der Waals surface area (Å²) in [4.78, 5) is 0. The molecule has 186 valence electrons. The normalized spacial score (nSPS) is 24.2. The maximum Gasteiger partial charge on any atom is 0.121 e. The summed E-state index contributed by atoms with van der Waals surface area (Å²) in [5.41, 5.74) is 8.86. The summed E-state index contributed by atoms with van der Waals surface area (Å²) in [6, 6.07) is 20.0. The van der Waals surface area contributed by atoms with E-state index in [1.54, 1.807) is 36.4 Å². The molecule has 4 rings (SSSR count). The predicted molar refractivity (Wildman–Crippen MR) is 134 cm³/mol. The van der Waals surface area contributed by atoms with Gasteiger partial charge in [0, 0.05) is 16.8 Å². The molecule has 7 nitrogen and oxygen atoms in total. The van der Waals surface area contributed by atoms with Gasteiger partial charge in [-0.1, -0.05) is 41.9 Å². The van der Waals surface area contributed by atoms with E-state index in [2.05, 4.69) is 0 Å². The average molecular weight is 500 g/mol. The Morgan fingerprint density at radius 1 is 0.886 bits per heavy atom. The Balaban J connectivity index is 1.51. The number of nitrogens with two attached hydrogens (primary N) is 1. The molecule has 1 aliphatic rings. The van der Waals surface area contributed by atoms with E-state index in [0.29, 0.717) is 35.1 Å². The van der Waals surface area contributed by atoms with E-state index in [1.807, 2.05) is 37.3 Å². The number of rotatable bonds is 8. The first-order valence-electron chi connectivity index (χ1n) is 11.5. The van der Waals surface area contributed by atoms with Gasteiger partial charge in [0.1, 0.15) is 48.6 Å². The second-order valence-corrected chi connectivity index (χ2v) is 8.96. The van der Waals surface area contributed by atoms with E-state index < -0.39 is 30.5 Å². The Kier molecular flexibility index (Phi) is 8.15. The summed E-state index contributed by atoms with van der Waals surface area (Å²) < 4.78 is 17.3. The van der Waals surface area contributed by atoms with Crippen LogP contribution in [0.2, 0.25) is 5.02 Å². The fourth-order valence-electron chi connectivity index (χ4n) is 4.14. The maximum absolute atomic E-state index is 10.7. The third-order valence-corrected chi connectivity index (χ3v) is 6.38. The SMILES string of the molecule is CCOc1ccc(Cc2cc(C3OC(COc4cccc(N)c4)C(O)C(O)C3O)ccc2Cl)cc1. The molecular weight excluding hydrogens is 470 g/mol. The number of halogens is 1. The molecule has 0 amide bonds. The van der Waals surface area contributed by atoms with Crippen LogP contribution in [-0.2, 0) is 11.2 Å². The van der Waals surface area contributed by atoms with Crippen LogP contribution in [0.15, 0.2) is 66.7 Å². The molecule has 8 heteroatoms. The fourth-order valence-corrected chi connectivity index (χ4v) is 4.33. The lowest BCUT2D eigenvalue weighted by Crippen LogP contribution is -2.55. The Morgan fingerprint density at radius 3 is 2.37 bits per heavy atom. The van der Waals surface area contributed by atoms with E-state index in [1.165, 1.54) is 0 Å². The summed E-state index contributed by atoms with van der Waals surface area (Å²) >= 11 is 6.47. The number of hydrogen-bond donors (Lipinski definition) is 4. The number of nitrogen functional groups attached to an aromatic ring is 1. The van der Waals surface area contributed by atoms with Crippen molar-refractivity contribution in [3.63, 3.8) is 0 Å². The van der Waals surface area contributed by atoms with Crippen molar-refractivity contribution < 1.29 is 29.5 Å². The third-order valence-electron chi connectivity index (χ3n) is 6.01. The smallest absolute Gasteiger partial charge is 0.121 e. The highest BCUT2D eigenvalue weighted by molar-refractivity contribution is 6.31. The van der Waals surface area contributed by atoms with Gasteiger partial charge in [-0.3, -0.25) is 0 Å². The number of hydrogen-bond acceptors (Lipinski definition) is 7. The molecule has 5 unspecified atom stereocenters. The average Bonchev–Trinajstić information content (AvgIpc) is 2.85. The molecule has 1 aliphatic heterocycles. The largest absolute Gasteiger partial charge is 0.494 e. The third kappa shape index (κ3) is 6.07. The van der Waals surface area contributed by atoms with Gasteiger partial charge < -0.3 is 35.3 Å². The number of aliphatic hydroxyl groups excluding tert-OH is 3. The standard InChI is InChI=1S/C27H30ClNO6/c1-2-33-20-9-6-16(7-10-20)12-18-13-17(8-11-22(18)28)27-26(32)25(31)24(30)23(35-27)15-34-21-5-3-4-19(29)14-21/h3-11,13-14,23-27,30-32H,2,12,15,29H2,1H3. The minimum atomic E-state index is -1.41. The van der Waals surface area contributed by atoms with Gasteiger partial charge >= 0.3 is 0 Å². The maximum atomic E-state index is 10.7. The molecule has 0 aliphatic carbocycles. The molecular formula is C27H30ClNO6. The van der Waals surface area contributed by atoms with Gasteiger partial charge in [-0.05, 0) is 60.4 Å². The molecule has 0 radical (unpaired) electrons. The Labute approximate surface area is 209 Å². The van der Waals surface area contributed by atoms with Crippen molar-refractivity contribution in [2.24, 2.45) is 0 Å². The van der Waals surface area contributed by atoms with Crippen LogP contribution in [0.5, 0.6) is 11.5 Å². The van der Waals surface area contributed by atoms with Crippen LogP contribution in [0, 0.1) is 0 Å². The minimum absolute atomic E-state index is 0.0302. The molecule has 5 atom stereocenters. The lowest BCUT2D eigenvalue weighted by molar-refractivity contribution is -0.230. The summed E-state index contributed by atoms with van der Waals surface area (Å²) in [5, 5.41) is 32.3. The number of anilines is 1. The summed E-state index contributed by atoms with van der Waals surface area (Å²) in [5.74, 6) is 1.32. The zero-order valence-corrected chi connectivity index (χ0v) is 20.1. The van der Waals surface area contributed by atoms with E-state index in [4.69, 9.17) is 31.5 Å². The van der Waals surface area contributed by atoms with Gasteiger partial charge in [0.05, 0.1) is 6.61 Å². The molecule has 1 heterocycles. The highest BCUT2D eigenvalue weighted by Gasteiger charge is 2.44. The molecule has 1 saturated heterocycles. The zero-order valence-electron chi connectivity index (χ0n) is 19.4. The second kappa shape index (κ2) is 11.3. The van der Waals surface area contributed by atoms with Crippen LogP contribution >= 0.6 is 11.6 Å². The minimum Gasteiger partial charge on any atom is -0.494 e. The Morgan fingerprint density at radius 2 is 1.66 bits per heavy atom. The second-order valence-electron chi connectivity index (χ2n) is 8.55. The predicted octanol–water partition coefficient (Wildman–Crippen LogP) is 3.51. The van der Waals surface area contributed by atoms with Crippen molar-refractivity contribution in [3.8, 4) is 11.5 Å². The first-order valence-corrected chi connectivity index (χ1v) is 11.9. The Bertz CT molecular complexity index is 1120. The van der Waals surface area contributed by atoms with Gasteiger partial charge in [0.2, 0.25) is 0 Å². The lowest BCUT2D eigenvalue weighted by Gasteiger charge is -2.40. The molecule has 3 aromatic rings. The summed E-state index contributed by atoms with van der Waals surface area (Å²) in [6.07, 6.45) is -5.24. The molecule has 0 spiro atoms. The van der Waals surface area contributed by atoms with Crippen molar-refractivity contribution in [3.05, 3.63) is 88.4 Å². The first-order chi connectivity index (χ1) is 16.9.